The summed E-state index contributed by atoms with van der Waals surface area (Å²) in [4.78, 5) is 29.3. The first kappa shape index (κ1) is 15.1. The molecule has 0 radical (unpaired) electrons. The predicted octanol–water partition coefficient (Wildman–Crippen LogP) is 1.82. The molecule has 2 N–H and O–H groups in total. The number of carbonyl (C=O) groups is 1. The molecule has 0 aliphatic carbocycles. The number of H-pyrrole nitrogens is 1. The van der Waals surface area contributed by atoms with E-state index in [0.29, 0.717) is 16.5 Å². The number of aromatic nitrogens is 2. The lowest BCUT2D eigenvalue weighted by Crippen LogP contribution is -2.16. The zero-order chi connectivity index (χ0) is 15.2. The van der Waals surface area contributed by atoms with Crippen LogP contribution in [0.15, 0.2) is 40.3 Å². The molecule has 0 fully saturated rings. The van der Waals surface area contributed by atoms with Gasteiger partial charge in [-0.15, -0.1) is 0 Å². The van der Waals surface area contributed by atoms with Crippen molar-refractivity contribution in [2.24, 2.45) is 0 Å². The van der Waals surface area contributed by atoms with Gasteiger partial charge in [0.15, 0.2) is 0 Å². The fourth-order valence-electron chi connectivity index (χ4n) is 1.63. The van der Waals surface area contributed by atoms with Crippen molar-refractivity contribution in [1.82, 2.24) is 9.97 Å². The number of aromatic amines is 1. The Kier molecular flexibility index (Phi) is 4.99. The second-order valence-corrected chi connectivity index (χ2v) is 5.25. The summed E-state index contributed by atoms with van der Waals surface area (Å²) in [6.07, 6.45) is 1.49. The van der Waals surface area contributed by atoms with Crippen LogP contribution in [0.3, 0.4) is 0 Å². The quantitative estimate of drug-likeness (QED) is 0.650. The lowest BCUT2D eigenvalue weighted by atomic mass is 10.3. The van der Waals surface area contributed by atoms with Crippen LogP contribution in [0, 0.1) is 6.92 Å². The van der Waals surface area contributed by atoms with Crippen molar-refractivity contribution in [3.63, 3.8) is 0 Å². The fraction of sp³-hybridized carbons (Fsp3) is 0.214. The second-order valence-electron chi connectivity index (χ2n) is 4.27. The van der Waals surface area contributed by atoms with Crippen molar-refractivity contribution in [3.05, 3.63) is 46.5 Å². The summed E-state index contributed by atoms with van der Waals surface area (Å²) in [7, 11) is 1.57. The van der Waals surface area contributed by atoms with Gasteiger partial charge in [0.1, 0.15) is 5.75 Å². The van der Waals surface area contributed by atoms with Gasteiger partial charge in [-0.05, 0) is 24.6 Å². The molecule has 0 unspecified atom stereocenters. The van der Waals surface area contributed by atoms with Crippen molar-refractivity contribution >= 4 is 23.4 Å². The maximum absolute atomic E-state index is 11.9. The van der Waals surface area contributed by atoms with Crippen LogP contribution < -0.4 is 15.7 Å². The minimum atomic E-state index is -0.420. The summed E-state index contributed by atoms with van der Waals surface area (Å²) in [5.74, 6) is 0.706. The zero-order valence-corrected chi connectivity index (χ0v) is 12.5. The van der Waals surface area contributed by atoms with E-state index in [0.717, 1.165) is 5.56 Å². The number of anilines is 1. The van der Waals surface area contributed by atoms with Crippen LogP contribution in [0.1, 0.15) is 5.56 Å². The number of aryl methyl sites for hydroxylation is 1. The van der Waals surface area contributed by atoms with Crippen LogP contribution in [-0.4, -0.2) is 28.7 Å². The SMILES string of the molecule is COc1cccc(NC(=O)CSc2[nH]c(=O)ncc2C)c1. The molecule has 0 bridgehead atoms. The molecule has 0 saturated carbocycles. The third-order valence-electron chi connectivity index (χ3n) is 2.66. The summed E-state index contributed by atoms with van der Waals surface area (Å²) < 4.78 is 5.09. The van der Waals surface area contributed by atoms with E-state index in [-0.39, 0.29) is 11.7 Å². The van der Waals surface area contributed by atoms with Crippen molar-refractivity contribution in [1.29, 1.82) is 0 Å². The van der Waals surface area contributed by atoms with E-state index in [1.165, 1.54) is 18.0 Å². The van der Waals surface area contributed by atoms with Crippen molar-refractivity contribution < 1.29 is 9.53 Å². The van der Waals surface area contributed by atoms with E-state index in [1.807, 2.05) is 6.92 Å². The molecule has 1 amide bonds. The van der Waals surface area contributed by atoms with E-state index in [2.05, 4.69) is 15.3 Å². The molecule has 1 aromatic heterocycles. The molecular weight excluding hydrogens is 290 g/mol. The number of nitrogens with zero attached hydrogens (tertiary/aromatic N) is 1. The molecular formula is C14H15N3O3S. The molecule has 2 rings (SSSR count). The molecule has 0 atom stereocenters. The van der Waals surface area contributed by atoms with Crippen LogP contribution in [0.25, 0.3) is 0 Å². The molecule has 7 heteroatoms. The molecule has 0 aliphatic rings. The van der Waals surface area contributed by atoms with Crippen LogP contribution in [0.5, 0.6) is 5.75 Å². The van der Waals surface area contributed by atoms with Gasteiger partial charge in [-0.3, -0.25) is 4.79 Å². The van der Waals surface area contributed by atoms with Gasteiger partial charge < -0.3 is 15.0 Å². The van der Waals surface area contributed by atoms with Gasteiger partial charge in [-0.1, -0.05) is 17.8 Å². The van der Waals surface area contributed by atoms with Gasteiger partial charge in [0.05, 0.1) is 17.9 Å². The lowest BCUT2D eigenvalue weighted by molar-refractivity contribution is -0.113. The Morgan fingerprint density at radius 3 is 3.05 bits per heavy atom. The standard InChI is InChI=1S/C14H15N3O3S/c1-9-7-15-14(19)17-13(9)21-8-12(18)16-10-4-3-5-11(6-10)20-2/h3-7H,8H2,1-2H3,(H,16,18)(H,15,17,19). The number of hydrogen-bond acceptors (Lipinski definition) is 5. The highest BCUT2D eigenvalue weighted by Gasteiger charge is 2.07. The third-order valence-corrected chi connectivity index (χ3v) is 3.77. The number of nitrogens with one attached hydrogen (secondary N) is 2. The highest BCUT2D eigenvalue weighted by atomic mass is 32.2. The largest absolute Gasteiger partial charge is 0.497 e. The fourth-order valence-corrected chi connectivity index (χ4v) is 2.42. The number of ether oxygens (including phenoxy) is 1. The van der Waals surface area contributed by atoms with Gasteiger partial charge in [0, 0.05) is 18.0 Å². The first-order chi connectivity index (χ1) is 10.1. The summed E-state index contributed by atoms with van der Waals surface area (Å²) in [5, 5.41) is 3.42. The number of hydrogen-bond donors (Lipinski definition) is 2. The number of carbonyl (C=O) groups excluding carboxylic acids is 1. The normalized spacial score (nSPS) is 10.2. The molecule has 0 saturated heterocycles. The highest BCUT2D eigenvalue weighted by Crippen LogP contribution is 2.19. The van der Waals surface area contributed by atoms with Crippen LogP contribution in [-0.2, 0) is 4.79 Å². The molecule has 110 valence electrons. The monoisotopic (exact) mass is 305 g/mol. The molecule has 1 heterocycles. The smallest absolute Gasteiger partial charge is 0.345 e. The number of thioether (sulfide) groups is 1. The molecule has 6 nitrogen and oxygen atoms in total. The van der Waals surface area contributed by atoms with Crippen LogP contribution in [0.4, 0.5) is 5.69 Å². The first-order valence-electron chi connectivity index (χ1n) is 6.21. The number of rotatable bonds is 5. The summed E-state index contributed by atoms with van der Waals surface area (Å²) in [6, 6.07) is 7.12. The topological polar surface area (TPSA) is 84.1 Å². The number of methoxy groups -OCH3 is 1. The molecule has 0 spiro atoms. The highest BCUT2D eigenvalue weighted by molar-refractivity contribution is 8.00. The first-order valence-corrected chi connectivity index (χ1v) is 7.19. The van der Waals surface area contributed by atoms with Crippen LogP contribution >= 0.6 is 11.8 Å². The summed E-state index contributed by atoms with van der Waals surface area (Å²) in [6.45, 7) is 1.82. The minimum Gasteiger partial charge on any atom is -0.497 e. The minimum absolute atomic E-state index is 0.162. The van der Waals surface area contributed by atoms with Gasteiger partial charge in [0.2, 0.25) is 5.91 Å². The van der Waals surface area contributed by atoms with E-state index in [4.69, 9.17) is 4.74 Å². The Hall–Kier alpha value is -2.28. The average Bonchev–Trinajstić information content (AvgIpc) is 2.48. The summed E-state index contributed by atoms with van der Waals surface area (Å²) >= 11 is 1.26. The van der Waals surface area contributed by atoms with Gasteiger partial charge in [0.25, 0.3) is 0 Å². The summed E-state index contributed by atoms with van der Waals surface area (Å²) in [5.41, 5.74) is 1.07. The van der Waals surface area contributed by atoms with Gasteiger partial charge >= 0.3 is 5.69 Å². The second kappa shape index (κ2) is 6.94. The number of benzene rings is 1. The Balaban J connectivity index is 1.95. The average molecular weight is 305 g/mol. The lowest BCUT2D eigenvalue weighted by Gasteiger charge is -2.07. The van der Waals surface area contributed by atoms with E-state index in [1.54, 1.807) is 31.4 Å². The van der Waals surface area contributed by atoms with Crippen LogP contribution in [0.2, 0.25) is 0 Å². The van der Waals surface area contributed by atoms with Crippen molar-refractivity contribution in [2.45, 2.75) is 11.9 Å². The van der Waals surface area contributed by atoms with Crippen molar-refractivity contribution in [3.8, 4) is 5.75 Å². The third kappa shape index (κ3) is 4.35. The maximum atomic E-state index is 11.9. The Bertz CT molecular complexity index is 700. The predicted molar refractivity (Wildman–Crippen MR) is 81.9 cm³/mol. The Labute approximate surface area is 125 Å². The molecule has 21 heavy (non-hydrogen) atoms. The molecule has 0 aliphatic heterocycles. The zero-order valence-electron chi connectivity index (χ0n) is 11.7. The number of amides is 1. The van der Waals surface area contributed by atoms with Gasteiger partial charge in [-0.25, -0.2) is 9.78 Å². The van der Waals surface area contributed by atoms with Gasteiger partial charge in [-0.2, -0.15) is 0 Å². The van der Waals surface area contributed by atoms with Crippen molar-refractivity contribution in [2.75, 3.05) is 18.2 Å². The Morgan fingerprint density at radius 2 is 2.29 bits per heavy atom. The maximum Gasteiger partial charge on any atom is 0.345 e. The molecule has 1 aromatic carbocycles. The molecule has 2 aromatic rings. The van der Waals surface area contributed by atoms with E-state index in [9.17, 15) is 9.59 Å². The van der Waals surface area contributed by atoms with E-state index >= 15 is 0 Å². The van der Waals surface area contributed by atoms with E-state index < -0.39 is 5.69 Å². The Morgan fingerprint density at radius 1 is 1.48 bits per heavy atom.